The highest BCUT2D eigenvalue weighted by molar-refractivity contribution is 6.10. The molecule has 0 spiro atoms. The smallest absolute Gasteiger partial charge is 0.136 e. The maximum Gasteiger partial charge on any atom is 0.136 e. The van der Waals surface area contributed by atoms with Gasteiger partial charge >= 0.3 is 0 Å². The molecule has 8 aromatic carbocycles. The molecule has 0 saturated heterocycles. The average molecular weight is 654 g/mol. The molecule has 0 saturated carbocycles. The Kier molecular flexibility index (Phi) is 6.81. The number of nitrogens with zero attached hydrogens (tertiary/aromatic N) is 1. The van der Waals surface area contributed by atoms with E-state index in [0.29, 0.717) is 0 Å². The molecule has 9 aromatic rings. The second-order valence-electron chi connectivity index (χ2n) is 12.9. The fourth-order valence-corrected chi connectivity index (χ4v) is 7.54. The fraction of sp³-hybridized carbons (Fsp3) is 0. The lowest BCUT2D eigenvalue weighted by molar-refractivity contribution is 0.472. The molecular formula is C48H31NO2. The molecule has 1 aromatic heterocycles. The Morgan fingerprint density at radius 2 is 0.882 bits per heavy atom. The van der Waals surface area contributed by atoms with E-state index in [2.05, 4.69) is 162 Å². The van der Waals surface area contributed by atoms with Gasteiger partial charge in [0.05, 0.1) is 11.0 Å². The first-order valence-corrected chi connectivity index (χ1v) is 17.3. The van der Waals surface area contributed by atoms with Crippen LogP contribution in [0.5, 0.6) is 23.0 Å². The molecule has 2 heterocycles. The van der Waals surface area contributed by atoms with Crippen LogP contribution in [0.25, 0.3) is 72.0 Å². The molecule has 51 heavy (non-hydrogen) atoms. The quantitative estimate of drug-likeness (QED) is 0.189. The molecule has 0 atom stereocenters. The van der Waals surface area contributed by atoms with Crippen molar-refractivity contribution in [3.63, 3.8) is 0 Å². The van der Waals surface area contributed by atoms with Gasteiger partial charge in [0, 0.05) is 38.7 Å². The number of fused-ring (bicyclic) bond motifs is 9. The number of benzene rings is 8. The molecule has 240 valence electrons. The molecule has 1 aliphatic rings. The van der Waals surface area contributed by atoms with Crippen molar-refractivity contribution < 1.29 is 9.47 Å². The topological polar surface area (TPSA) is 23.4 Å². The predicted molar refractivity (Wildman–Crippen MR) is 209 cm³/mol. The number of para-hydroxylation sites is 4. The summed E-state index contributed by atoms with van der Waals surface area (Å²) in [4.78, 5) is 0. The number of rotatable bonds is 3. The Balaban J connectivity index is 1.20. The third-order valence-electron chi connectivity index (χ3n) is 9.89. The van der Waals surface area contributed by atoms with Crippen LogP contribution < -0.4 is 9.47 Å². The third kappa shape index (κ3) is 4.90. The van der Waals surface area contributed by atoms with Crippen LogP contribution in [-0.2, 0) is 0 Å². The minimum Gasteiger partial charge on any atom is -0.456 e. The van der Waals surface area contributed by atoms with Crippen molar-refractivity contribution >= 4 is 21.8 Å². The molecule has 0 N–H and O–H groups in total. The number of ether oxygens (including phenoxy) is 2. The molecule has 3 heteroatoms. The van der Waals surface area contributed by atoms with Gasteiger partial charge < -0.3 is 14.0 Å². The van der Waals surface area contributed by atoms with Crippen molar-refractivity contribution in [2.45, 2.75) is 0 Å². The minimum atomic E-state index is 0.762. The second kappa shape index (κ2) is 11.9. The Labute approximate surface area is 296 Å². The van der Waals surface area contributed by atoms with Crippen LogP contribution in [0.3, 0.4) is 0 Å². The van der Waals surface area contributed by atoms with Crippen LogP contribution in [0, 0.1) is 0 Å². The molecule has 3 nitrogen and oxygen atoms in total. The van der Waals surface area contributed by atoms with E-state index >= 15 is 0 Å². The molecule has 0 aliphatic carbocycles. The highest BCUT2D eigenvalue weighted by Crippen LogP contribution is 2.50. The van der Waals surface area contributed by atoms with Gasteiger partial charge in [0.15, 0.2) is 0 Å². The summed E-state index contributed by atoms with van der Waals surface area (Å²) < 4.78 is 16.3. The van der Waals surface area contributed by atoms with Gasteiger partial charge in [0.25, 0.3) is 0 Å². The molecular weight excluding hydrogens is 623 g/mol. The highest BCUT2D eigenvalue weighted by Gasteiger charge is 2.23. The van der Waals surface area contributed by atoms with Gasteiger partial charge in [-0.15, -0.1) is 0 Å². The van der Waals surface area contributed by atoms with E-state index in [1.807, 2.05) is 30.3 Å². The molecule has 0 bridgehead atoms. The lowest BCUT2D eigenvalue weighted by Crippen LogP contribution is -1.99. The van der Waals surface area contributed by atoms with Crippen LogP contribution >= 0.6 is 0 Å². The largest absolute Gasteiger partial charge is 0.456 e. The summed E-state index contributed by atoms with van der Waals surface area (Å²) in [5.41, 5.74) is 11.7. The summed E-state index contributed by atoms with van der Waals surface area (Å²) in [5, 5.41) is 2.46. The lowest BCUT2D eigenvalue weighted by atomic mass is 9.92. The van der Waals surface area contributed by atoms with E-state index in [4.69, 9.17) is 9.47 Å². The normalized spacial score (nSPS) is 11.8. The zero-order chi connectivity index (χ0) is 33.7. The van der Waals surface area contributed by atoms with E-state index in [1.54, 1.807) is 0 Å². The fourth-order valence-electron chi connectivity index (χ4n) is 7.54. The molecule has 0 fully saturated rings. The first-order chi connectivity index (χ1) is 25.3. The SMILES string of the molecule is c1ccc(-c2cccc3c2-c2ccccc2Oc2ccccc2-c2ccc(-c4ccc5c6ccccc6n(-c6ccccc6)c5c4)cc2O3)cc1. The van der Waals surface area contributed by atoms with Gasteiger partial charge in [-0.3, -0.25) is 0 Å². The molecule has 0 amide bonds. The van der Waals surface area contributed by atoms with Crippen molar-refractivity contribution in [3.8, 4) is 73.2 Å². The zero-order valence-electron chi connectivity index (χ0n) is 27.7. The second-order valence-corrected chi connectivity index (χ2v) is 12.9. The summed E-state index contributed by atoms with van der Waals surface area (Å²) in [6.45, 7) is 0. The van der Waals surface area contributed by atoms with Crippen molar-refractivity contribution in [2.24, 2.45) is 0 Å². The highest BCUT2D eigenvalue weighted by atomic mass is 16.5. The van der Waals surface area contributed by atoms with E-state index in [0.717, 1.165) is 78.7 Å². The van der Waals surface area contributed by atoms with Crippen molar-refractivity contribution in [1.82, 2.24) is 4.57 Å². The summed E-state index contributed by atoms with van der Waals surface area (Å²) in [5.74, 6) is 3.08. The van der Waals surface area contributed by atoms with Crippen LogP contribution in [0.2, 0.25) is 0 Å². The standard InChI is InChI=1S/C48H31NO2/c1-3-14-32(15-4-1)36-21-13-25-46-48(36)41-20-9-12-24-45(41)50-44-23-11-8-19-39(44)40-29-27-34(31-47(40)51-46)33-26-28-38-37-18-7-10-22-42(37)49(43(38)30-33)35-16-5-2-6-17-35/h1-31H. The van der Waals surface area contributed by atoms with E-state index in [-0.39, 0.29) is 0 Å². The van der Waals surface area contributed by atoms with E-state index < -0.39 is 0 Å². The predicted octanol–water partition coefficient (Wildman–Crippen LogP) is 13.3. The maximum absolute atomic E-state index is 7.12. The third-order valence-corrected chi connectivity index (χ3v) is 9.89. The Bertz CT molecular complexity index is 2740. The van der Waals surface area contributed by atoms with Gasteiger partial charge in [0.1, 0.15) is 23.0 Å². The van der Waals surface area contributed by atoms with Crippen molar-refractivity contribution in [3.05, 3.63) is 188 Å². The van der Waals surface area contributed by atoms with E-state index in [1.165, 1.54) is 16.3 Å². The summed E-state index contributed by atoms with van der Waals surface area (Å²) in [7, 11) is 0. The van der Waals surface area contributed by atoms with E-state index in [9.17, 15) is 0 Å². The number of aromatic nitrogens is 1. The number of hydrogen-bond acceptors (Lipinski definition) is 2. The molecule has 0 radical (unpaired) electrons. The Hall–Kier alpha value is -6.84. The molecule has 1 aliphatic heterocycles. The summed E-state index contributed by atoms with van der Waals surface area (Å²) in [6.07, 6.45) is 0. The Morgan fingerprint density at radius 3 is 1.73 bits per heavy atom. The van der Waals surface area contributed by atoms with Crippen molar-refractivity contribution in [2.75, 3.05) is 0 Å². The maximum atomic E-state index is 7.12. The van der Waals surface area contributed by atoms with Gasteiger partial charge in [-0.05, 0) is 76.9 Å². The number of hydrogen-bond donors (Lipinski definition) is 0. The minimum absolute atomic E-state index is 0.762. The van der Waals surface area contributed by atoms with Crippen LogP contribution in [0.4, 0.5) is 0 Å². The zero-order valence-corrected chi connectivity index (χ0v) is 27.7. The van der Waals surface area contributed by atoms with Crippen LogP contribution in [-0.4, -0.2) is 4.57 Å². The van der Waals surface area contributed by atoms with Gasteiger partial charge in [0.2, 0.25) is 0 Å². The molecule has 0 unspecified atom stereocenters. The van der Waals surface area contributed by atoms with Gasteiger partial charge in [-0.25, -0.2) is 0 Å². The first-order valence-electron chi connectivity index (χ1n) is 17.3. The van der Waals surface area contributed by atoms with Crippen LogP contribution in [0.1, 0.15) is 0 Å². The van der Waals surface area contributed by atoms with Crippen molar-refractivity contribution in [1.29, 1.82) is 0 Å². The van der Waals surface area contributed by atoms with Gasteiger partial charge in [-0.1, -0.05) is 133 Å². The Morgan fingerprint density at radius 1 is 0.314 bits per heavy atom. The summed E-state index contributed by atoms with van der Waals surface area (Å²) >= 11 is 0. The lowest BCUT2D eigenvalue weighted by Gasteiger charge is -2.23. The van der Waals surface area contributed by atoms with Crippen LogP contribution in [0.15, 0.2) is 188 Å². The average Bonchev–Trinajstić information content (AvgIpc) is 3.53. The first kappa shape index (κ1) is 29.1. The monoisotopic (exact) mass is 653 g/mol. The summed E-state index contributed by atoms with van der Waals surface area (Å²) in [6, 6.07) is 65.8. The van der Waals surface area contributed by atoms with Gasteiger partial charge in [-0.2, -0.15) is 0 Å². The molecule has 10 rings (SSSR count).